The SMILES string of the molecule is Cc1cccc(C)c1NC(=O)c1cnc(Nc2ccc(F)c(F)c2F)cn1. The van der Waals surface area contributed by atoms with Crippen molar-refractivity contribution in [2.75, 3.05) is 10.6 Å². The average Bonchev–Trinajstić information content (AvgIpc) is 2.66. The molecule has 0 fully saturated rings. The van der Waals surface area contributed by atoms with Gasteiger partial charge in [0.1, 0.15) is 11.5 Å². The van der Waals surface area contributed by atoms with Gasteiger partial charge in [-0.25, -0.2) is 23.1 Å². The van der Waals surface area contributed by atoms with Crippen LogP contribution in [0.4, 0.5) is 30.4 Å². The molecule has 1 heterocycles. The van der Waals surface area contributed by atoms with Gasteiger partial charge in [-0.15, -0.1) is 0 Å². The smallest absolute Gasteiger partial charge is 0.275 e. The Morgan fingerprint density at radius 2 is 1.63 bits per heavy atom. The second-order valence-corrected chi connectivity index (χ2v) is 5.86. The number of halogens is 3. The number of benzene rings is 2. The van der Waals surface area contributed by atoms with Crippen LogP contribution in [0, 0.1) is 31.3 Å². The number of para-hydroxylation sites is 1. The number of aryl methyl sites for hydroxylation is 2. The summed E-state index contributed by atoms with van der Waals surface area (Å²) in [6.45, 7) is 3.75. The highest BCUT2D eigenvalue weighted by Gasteiger charge is 2.15. The number of hydrogen-bond donors (Lipinski definition) is 2. The Kier molecular flexibility index (Phi) is 5.07. The molecule has 0 aliphatic carbocycles. The Bertz CT molecular complexity index is 986. The normalized spacial score (nSPS) is 10.6. The van der Waals surface area contributed by atoms with E-state index in [1.807, 2.05) is 32.0 Å². The summed E-state index contributed by atoms with van der Waals surface area (Å²) in [4.78, 5) is 20.3. The maximum atomic E-state index is 13.7. The predicted octanol–water partition coefficient (Wildman–Crippen LogP) is 4.51. The molecule has 3 rings (SSSR count). The Hall–Kier alpha value is -3.42. The summed E-state index contributed by atoms with van der Waals surface area (Å²) >= 11 is 0. The molecule has 0 aliphatic rings. The van der Waals surface area contributed by atoms with E-state index in [1.54, 1.807) is 0 Å². The van der Waals surface area contributed by atoms with Gasteiger partial charge in [0.15, 0.2) is 17.5 Å². The van der Waals surface area contributed by atoms with Gasteiger partial charge in [-0.1, -0.05) is 18.2 Å². The molecular weight excluding hydrogens is 357 g/mol. The van der Waals surface area contributed by atoms with Gasteiger partial charge in [0.2, 0.25) is 0 Å². The van der Waals surface area contributed by atoms with E-state index in [9.17, 15) is 18.0 Å². The van der Waals surface area contributed by atoms with Crippen molar-refractivity contribution in [3.63, 3.8) is 0 Å². The lowest BCUT2D eigenvalue weighted by molar-refractivity contribution is 0.102. The summed E-state index contributed by atoms with van der Waals surface area (Å²) in [7, 11) is 0. The van der Waals surface area contributed by atoms with E-state index in [-0.39, 0.29) is 17.2 Å². The number of carbonyl (C=O) groups excluding carboxylic acids is 1. The van der Waals surface area contributed by atoms with Crippen LogP contribution >= 0.6 is 0 Å². The summed E-state index contributed by atoms with van der Waals surface area (Å²) in [5.74, 6) is -4.62. The number of hydrogen-bond acceptors (Lipinski definition) is 4. The Morgan fingerprint density at radius 1 is 0.926 bits per heavy atom. The quantitative estimate of drug-likeness (QED) is 0.662. The van der Waals surface area contributed by atoms with E-state index < -0.39 is 23.4 Å². The zero-order chi connectivity index (χ0) is 19.6. The maximum Gasteiger partial charge on any atom is 0.275 e. The van der Waals surface area contributed by atoms with Crippen LogP contribution in [-0.4, -0.2) is 15.9 Å². The summed E-state index contributed by atoms with van der Waals surface area (Å²) in [5, 5.41) is 5.26. The molecule has 3 aromatic rings. The van der Waals surface area contributed by atoms with E-state index in [1.165, 1.54) is 12.4 Å². The number of rotatable bonds is 4. The molecule has 1 aromatic heterocycles. The number of amides is 1. The first-order valence-electron chi connectivity index (χ1n) is 7.97. The molecule has 0 saturated heterocycles. The van der Waals surface area contributed by atoms with Gasteiger partial charge in [-0.05, 0) is 37.1 Å². The topological polar surface area (TPSA) is 66.9 Å². The zero-order valence-corrected chi connectivity index (χ0v) is 14.5. The molecule has 8 heteroatoms. The molecule has 138 valence electrons. The van der Waals surface area contributed by atoms with Crippen LogP contribution < -0.4 is 10.6 Å². The van der Waals surface area contributed by atoms with Gasteiger partial charge in [-0.2, -0.15) is 0 Å². The molecule has 0 saturated carbocycles. The highest BCUT2D eigenvalue weighted by molar-refractivity contribution is 6.03. The van der Waals surface area contributed by atoms with Crippen LogP contribution in [0.1, 0.15) is 21.6 Å². The van der Waals surface area contributed by atoms with E-state index in [2.05, 4.69) is 20.6 Å². The Morgan fingerprint density at radius 3 is 2.26 bits per heavy atom. The zero-order valence-electron chi connectivity index (χ0n) is 14.5. The van der Waals surface area contributed by atoms with Crippen LogP contribution in [0.3, 0.4) is 0 Å². The number of nitrogens with one attached hydrogen (secondary N) is 2. The standard InChI is InChI=1S/C19H15F3N4O/c1-10-4-3-5-11(2)18(10)26-19(27)14-8-24-15(9-23-14)25-13-7-6-12(20)16(21)17(13)22/h3-9H,1-2H3,(H,24,25)(H,26,27). The van der Waals surface area contributed by atoms with Crippen molar-refractivity contribution < 1.29 is 18.0 Å². The molecule has 27 heavy (non-hydrogen) atoms. The summed E-state index contributed by atoms with van der Waals surface area (Å²) in [6.07, 6.45) is 2.39. The minimum Gasteiger partial charge on any atom is -0.336 e. The highest BCUT2D eigenvalue weighted by Crippen LogP contribution is 2.23. The van der Waals surface area contributed by atoms with Crippen molar-refractivity contribution in [1.29, 1.82) is 0 Å². The number of anilines is 3. The van der Waals surface area contributed by atoms with Crippen LogP contribution in [-0.2, 0) is 0 Å². The van der Waals surface area contributed by atoms with Crippen molar-refractivity contribution >= 4 is 23.1 Å². The molecule has 5 nitrogen and oxygen atoms in total. The maximum absolute atomic E-state index is 13.7. The Labute approximate surface area is 153 Å². The van der Waals surface area contributed by atoms with Gasteiger partial charge in [0, 0.05) is 5.69 Å². The third kappa shape index (κ3) is 3.89. The van der Waals surface area contributed by atoms with Crippen molar-refractivity contribution in [2.24, 2.45) is 0 Å². The number of aromatic nitrogens is 2. The summed E-state index contributed by atoms with van der Waals surface area (Å²) < 4.78 is 39.9. The summed E-state index contributed by atoms with van der Waals surface area (Å²) in [6, 6.07) is 7.46. The average molecular weight is 372 g/mol. The molecule has 0 bridgehead atoms. The van der Waals surface area contributed by atoms with Crippen molar-refractivity contribution in [3.05, 3.63) is 77.0 Å². The Balaban J connectivity index is 1.75. The minimum absolute atomic E-state index is 0.0500. The largest absolute Gasteiger partial charge is 0.336 e. The number of carbonyl (C=O) groups is 1. The molecule has 2 aromatic carbocycles. The molecule has 1 amide bonds. The van der Waals surface area contributed by atoms with Crippen molar-refractivity contribution in [1.82, 2.24) is 9.97 Å². The highest BCUT2D eigenvalue weighted by atomic mass is 19.2. The monoisotopic (exact) mass is 372 g/mol. The second kappa shape index (κ2) is 7.45. The van der Waals surface area contributed by atoms with Gasteiger partial charge >= 0.3 is 0 Å². The van der Waals surface area contributed by atoms with Crippen LogP contribution in [0.5, 0.6) is 0 Å². The van der Waals surface area contributed by atoms with E-state index >= 15 is 0 Å². The molecule has 0 atom stereocenters. The first-order valence-corrected chi connectivity index (χ1v) is 7.97. The van der Waals surface area contributed by atoms with E-state index in [0.717, 1.165) is 23.3 Å². The third-order valence-electron chi connectivity index (χ3n) is 3.90. The predicted molar refractivity (Wildman–Crippen MR) is 95.5 cm³/mol. The van der Waals surface area contributed by atoms with Crippen LogP contribution in [0.2, 0.25) is 0 Å². The molecule has 0 unspecified atom stereocenters. The molecule has 0 aliphatic heterocycles. The fourth-order valence-electron chi connectivity index (χ4n) is 2.46. The van der Waals surface area contributed by atoms with Gasteiger partial charge in [0.05, 0.1) is 18.1 Å². The van der Waals surface area contributed by atoms with Crippen LogP contribution in [0.15, 0.2) is 42.7 Å². The fourth-order valence-corrected chi connectivity index (χ4v) is 2.46. The first kappa shape index (κ1) is 18.4. The number of nitrogens with zero attached hydrogens (tertiary/aromatic N) is 2. The van der Waals surface area contributed by atoms with Crippen LogP contribution in [0.25, 0.3) is 0 Å². The van der Waals surface area contributed by atoms with E-state index in [0.29, 0.717) is 5.69 Å². The van der Waals surface area contributed by atoms with E-state index in [4.69, 9.17) is 0 Å². The first-order chi connectivity index (χ1) is 12.9. The molecule has 0 radical (unpaired) electrons. The minimum atomic E-state index is -1.59. The summed E-state index contributed by atoms with van der Waals surface area (Å²) in [5.41, 5.74) is 2.26. The lowest BCUT2D eigenvalue weighted by Gasteiger charge is -2.11. The second-order valence-electron chi connectivity index (χ2n) is 5.86. The van der Waals surface area contributed by atoms with Crippen molar-refractivity contribution in [2.45, 2.75) is 13.8 Å². The molecule has 2 N–H and O–H groups in total. The fraction of sp³-hybridized carbons (Fsp3) is 0.105. The molecule has 0 spiro atoms. The lowest BCUT2D eigenvalue weighted by atomic mass is 10.1. The molecular formula is C19H15F3N4O. The van der Waals surface area contributed by atoms with Gasteiger partial charge in [0.25, 0.3) is 5.91 Å². The lowest BCUT2D eigenvalue weighted by Crippen LogP contribution is -2.16. The third-order valence-corrected chi connectivity index (χ3v) is 3.90. The van der Waals surface area contributed by atoms with Gasteiger partial charge < -0.3 is 10.6 Å². The van der Waals surface area contributed by atoms with Gasteiger partial charge in [-0.3, -0.25) is 4.79 Å². The van der Waals surface area contributed by atoms with Crippen molar-refractivity contribution in [3.8, 4) is 0 Å².